The fourth-order valence-electron chi connectivity index (χ4n) is 3.12. The Hall–Kier alpha value is -2.27. The number of benzene rings is 2. The van der Waals surface area contributed by atoms with Crippen molar-refractivity contribution in [3.8, 4) is 5.75 Å². The Bertz CT molecular complexity index is 918. The molecular formula is C21H23BrN2O2. The van der Waals surface area contributed by atoms with E-state index in [2.05, 4.69) is 62.3 Å². The smallest absolute Gasteiger partial charge is 0.216 e. The number of nitrogens with one attached hydrogen (secondary N) is 1. The Morgan fingerprint density at radius 2 is 2.00 bits per heavy atom. The van der Waals surface area contributed by atoms with Crippen LogP contribution in [-0.4, -0.2) is 23.6 Å². The Balaban J connectivity index is 1.97. The monoisotopic (exact) mass is 414 g/mol. The first-order valence-electron chi connectivity index (χ1n) is 8.81. The summed E-state index contributed by atoms with van der Waals surface area (Å²) in [7, 11) is 0. The molecule has 3 rings (SSSR count). The van der Waals surface area contributed by atoms with Crippen LogP contribution in [0.1, 0.15) is 25.0 Å². The molecule has 2 aromatic carbocycles. The van der Waals surface area contributed by atoms with E-state index in [9.17, 15) is 4.79 Å². The van der Waals surface area contributed by atoms with Crippen molar-refractivity contribution < 1.29 is 9.53 Å². The fourth-order valence-corrected chi connectivity index (χ4v) is 3.53. The molecule has 1 aromatic heterocycles. The Morgan fingerprint density at radius 3 is 2.73 bits per heavy atom. The van der Waals surface area contributed by atoms with Gasteiger partial charge in [-0.3, -0.25) is 4.79 Å². The second kappa shape index (κ2) is 8.41. The molecule has 5 heteroatoms. The largest absolute Gasteiger partial charge is 0.494 e. The van der Waals surface area contributed by atoms with Crippen LogP contribution in [0.4, 0.5) is 0 Å². The van der Waals surface area contributed by atoms with Crippen molar-refractivity contribution in [3.05, 3.63) is 64.3 Å². The molecule has 0 aliphatic rings. The molecule has 0 atom stereocenters. The van der Waals surface area contributed by atoms with Crippen molar-refractivity contribution in [1.82, 2.24) is 9.88 Å². The predicted molar refractivity (Wildman–Crippen MR) is 109 cm³/mol. The van der Waals surface area contributed by atoms with Gasteiger partial charge in [0.1, 0.15) is 5.75 Å². The second-order valence-electron chi connectivity index (χ2n) is 6.22. The highest BCUT2D eigenvalue weighted by Crippen LogP contribution is 2.28. The van der Waals surface area contributed by atoms with Crippen LogP contribution in [0.5, 0.6) is 5.75 Å². The third-order valence-electron chi connectivity index (χ3n) is 4.31. The van der Waals surface area contributed by atoms with Crippen molar-refractivity contribution in [2.75, 3.05) is 13.2 Å². The van der Waals surface area contributed by atoms with E-state index < -0.39 is 0 Å². The molecule has 3 aromatic rings. The second-order valence-corrected chi connectivity index (χ2v) is 7.07. The van der Waals surface area contributed by atoms with Gasteiger partial charge in [-0.2, -0.15) is 0 Å². The summed E-state index contributed by atoms with van der Waals surface area (Å²) in [5, 5.41) is 4.05. The molecule has 1 amide bonds. The van der Waals surface area contributed by atoms with Crippen molar-refractivity contribution >= 4 is 32.7 Å². The van der Waals surface area contributed by atoms with Crippen LogP contribution >= 0.6 is 15.9 Å². The number of rotatable bonds is 7. The molecule has 1 N–H and O–H groups in total. The van der Waals surface area contributed by atoms with Gasteiger partial charge in [-0.15, -0.1) is 0 Å². The lowest BCUT2D eigenvalue weighted by atomic mass is 10.1. The van der Waals surface area contributed by atoms with E-state index in [1.165, 1.54) is 22.0 Å². The number of nitrogens with zero attached hydrogens (tertiary/aromatic N) is 1. The Kier molecular flexibility index (Phi) is 5.99. The molecule has 4 nitrogen and oxygen atoms in total. The van der Waals surface area contributed by atoms with E-state index in [0.717, 1.165) is 23.2 Å². The average Bonchev–Trinajstić information content (AvgIpc) is 2.94. The van der Waals surface area contributed by atoms with Gasteiger partial charge in [-0.05, 0) is 48.7 Å². The molecule has 136 valence electrons. The highest BCUT2D eigenvalue weighted by Gasteiger charge is 2.11. The van der Waals surface area contributed by atoms with Gasteiger partial charge in [0.25, 0.3) is 0 Å². The standard InChI is InChI=1S/C21H23BrN2O2/c1-3-26-18-8-9-21-19(12-18)16(10-11-23-15(2)25)13-24(21)14-17-6-4-5-7-20(17)22/h4-9,12-13H,3,10-11,14H2,1-2H3,(H,23,25). The van der Waals surface area contributed by atoms with Gasteiger partial charge in [-0.25, -0.2) is 0 Å². The number of fused-ring (bicyclic) bond motifs is 1. The van der Waals surface area contributed by atoms with E-state index in [1.54, 1.807) is 6.92 Å². The third kappa shape index (κ3) is 4.28. The first-order chi connectivity index (χ1) is 12.6. The van der Waals surface area contributed by atoms with Gasteiger partial charge in [0.05, 0.1) is 6.61 Å². The molecule has 0 saturated heterocycles. The minimum atomic E-state index is -0.00282. The summed E-state index contributed by atoms with van der Waals surface area (Å²) >= 11 is 3.63. The number of carbonyl (C=O) groups excluding carboxylic acids is 1. The van der Waals surface area contributed by atoms with Crippen LogP contribution in [0.15, 0.2) is 53.1 Å². The molecule has 0 unspecified atom stereocenters. The van der Waals surface area contributed by atoms with Gasteiger partial charge in [-0.1, -0.05) is 34.1 Å². The van der Waals surface area contributed by atoms with E-state index in [4.69, 9.17) is 4.74 Å². The normalized spacial score (nSPS) is 10.9. The average molecular weight is 415 g/mol. The number of amides is 1. The van der Waals surface area contributed by atoms with Crippen LogP contribution in [-0.2, 0) is 17.8 Å². The molecule has 0 radical (unpaired) electrons. The van der Waals surface area contributed by atoms with Gasteiger partial charge < -0.3 is 14.6 Å². The first-order valence-corrected chi connectivity index (χ1v) is 9.60. The van der Waals surface area contributed by atoms with E-state index in [1.807, 2.05) is 19.1 Å². The van der Waals surface area contributed by atoms with Crippen LogP contribution in [0, 0.1) is 0 Å². The number of hydrogen-bond acceptors (Lipinski definition) is 2. The fraction of sp³-hybridized carbons (Fsp3) is 0.286. The van der Waals surface area contributed by atoms with Gasteiger partial charge in [0.15, 0.2) is 0 Å². The van der Waals surface area contributed by atoms with Crippen LogP contribution < -0.4 is 10.1 Å². The molecule has 0 spiro atoms. The molecule has 26 heavy (non-hydrogen) atoms. The maximum Gasteiger partial charge on any atom is 0.216 e. The molecule has 0 bridgehead atoms. The Labute approximate surface area is 162 Å². The highest BCUT2D eigenvalue weighted by molar-refractivity contribution is 9.10. The third-order valence-corrected chi connectivity index (χ3v) is 5.09. The van der Waals surface area contributed by atoms with Gasteiger partial charge >= 0.3 is 0 Å². The van der Waals surface area contributed by atoms with Crippen molar-refractivity contribution in [2.45, 2.75) is 26.8 Å². The summed E-state index contributed by atoms with van der Waals surface area (Å²) in [5.41, 5.74) is 3.61. The zero-order valence-corrected chi connectivity index (χ0v) is 16.7. The maximum atomic E-state index is 11.2. The summed E-state index contributed by atoms with van der Waals surface area (Å²) in [6, 6.07) is 14.5. The lowest BCUT2D eigenvalue weighted by Gasteiger charge is -2.08. The maximum absolute atomic E-state index is 11.2. The number of halogens is 1. The zero-order valence-electron chi connectivity index (χ0n) is 15.1. The van der Waals surface area contributed by atoms with Crippen molar-refractivity contribution in [2.24, 2.45) is 0 Å². The quantitative estimate of drug-likeness (QED) is 0.616. The van der Waals surface area contributed by atoms with E-state index >= 15 is 0 Å². The molecular weight excluding hydrogens is 392 g/mol. The van der Waals surface area contributed by atoms with E-state index in [0.29, 0.717) is 13.2 Å². The molecule has 0 saturated carbocycles. The molecule has 0 aliphatic heterocycles. The summed E-state index contributed by atoms with van der Waals surface area (Å²) in [5.74, 6) is 0.872. The Morgan fingerprint density at radius 1 is 1.19 bits per heavy atom. The summed E-state index contributed by atoms with van der Waals surface area (Å²) < 4.78 is 9.03. The zero-order chi connectivity index (χ0) is 18.5. The number of hydrogen-bond donors (Lipinski definition) is 1. The topological polar surface area (TPSA) is 43.3 Å². The number of aromatic nitrogens is 1. The lowest BCUT2D eigenvalue weighted by molar-refractivity contribution is -0.118. The SMILES string of the molecule is CCOc1ccc2c(c1)c(CCNC(C)=O)cn2Cc1ccccc1Br. The molecule has 1 heterocycles. The first kappa shape index (κ1) is 18.5. The van der Waals surface area contributed by atoms with Crippen molar-refractivity contribution in [3.63, 3.8) is 0 Å². The predicted octanol–water partition coefficient (Wildman–Crippen LogP) is 4.53. The minimum Gasteiger partial charge on any atom is -0.494 e. The van der Waals surface area contributed by atoms with Gasteiger partial charge in [0.2, 0.25) is 5.91 Å². The number of ether oxygens (including phenoxy) is 1. The van der Waals surface area contributed by atoms with Gasteiger partial charge in [0, 0.05) is 41.6 Å². The highest BCUT2D eigenvalue weighted by atomic mass is 79.9. The molecule has 0 aliphatic carbocycles. The van der Waals surface area contributed by atoms with Crippen LogP contribution in [0.3, 0.4) is 0 Å². The van der Waals surface area contributed by atoms with Crippen LogP contribution in [0.2, 0.25) is 0 Å². The number of carbonyl (C=O) groups is 1. The summed E-state index contributed by atoms with van der Waals surface area (Å²) in [4.78, 5) is 11.2. The van der Waals surface area contributed by atoms with E-state index in [-0.39, 0.29) is 5.91 Å². The summed E-state index contributed by atoms with van der Waals surface area (Å²) in [6.07, 6.45) is 2.97. The minimum absolute atomic E-state index is 0.00282. The van der Waals surface area contributed by atoms with Crippen molar-refractivity contribution in [1.29, 1.82) is 0 Å². The summed E-state index contributed by atoms with van der Waals surface area (Å²) in [6.45, 7) is 5.59. The lowest BCUT2D eigenvalue weighted by Crippen LogP contribution is -2.22. The molecule has 0 fully saturated rings. The van der Waals surface area contributed by atoms with Crippen LogP contribution in [0.25, 0.3) is 10.9 Å².